The molecule has 0 unspecified atom stereocenters. The van der Waals surface area contributed by atoms with E-state index in [4.69, 9.17) is 9.15 Å². The van der Waals surface area contributed by atoms with Crippen LogP contribution in [0.5, 0.6) is 5.75 Å². The first kappa shape index (κ1) is 20.2. The van der Waals surface area contributed by atoms with Gasteiger partial charge in [-0.25, -0.2) is 0 Å². The van der Waals surface area contributed by atoms with Crippen LogP contribution in [0.3, 0.4) is 0 Å². The van der Waals surface area contributed by atoms with Gasteiger partial charge in [-0.05, 0) is 47.4 Å². The lowest BCUT2D eigenvalue weighted by molar-refractivity contribution is -0.118. The van der Waals surface area contributed by atoms with Crippen LogP contribution in [0.15, 0.2) is 71.3 Å². The summed E-state index contributed by atoms with van der Waals surface area (Å²) in [6, 6.07) is 17.8. The van der Waals surface area contributed by atoms with Crippen molar-refractivity contribution in [2.75, 3.05) is 17.2 Å². The maximum atomic E-state index is 12.3. The van der Waals surface area contributed by atoms with Crippen LogP contribution in [-0.2, 0) is 10.2 Å². The number of hydrogen-bond acceptors (Lipinski definition) is 4. The molecular weight excluding hydrogens is 368 g/mol. The van der Waals surface area contributed by atoms with Crippen molar-refractivity contribution >= 4 is 23.2 Å². The molecule has 0 aliphatic heterocycles. The average molecular weight is 392 g/mol. The second-order valence-corrected chi connectivity index (χ2v) is 7.60. The third-order valence-electron chi connectivity index (χ3n) is 4.20. The summed E-state index contributed by atoms with van der Waals surface area (Å²) < 4.78 is 10.8. The highest BCUT2D eigenvalue weighted by Gasteiger charge is 2.19. The second kappa shape index (κ2) is 8.65. The predicted molar refractivity (Wildman–Crippen MR) is 112 cm³/mol. The minimum absolute atomic E-state index is 0.0897. The van der Waals surface area contributed by atoms with Crippen molar-refractivity contribution in [1.82, 2.24) is 0 Å². The Hall–Kier alpha value is -3.54. The minimum atomic E-state index is -0.361. The van der Waals surface area contributed by atoms with Crippen LogP contribution < -0.4 is 15.4 Å². The first-order valence-corrected chi connectivity index (χ1v) is 9.30. The van der Waals surface area contributed by atoms with Crippen LogP contribution >= 0.6 is 0 Å². The molecule has 2 aromatic carbocycles. The molecule has 0 atom stereocenters. The first-order valence-electron chi connectivity index (χ1n) is 9.30. The molecule has 2 amide bonds. The van der Waals surface area contributed by atoms with Crippen molar-refractivity contribution in [3.8, 4) is 5.75 Å². The van der Waals surface area contributed by atoms with Gasteiger partial charge in [0.25, 0.3) is 11.8 Å². The molecule has 0 saturated heterocycles. The van der Waals surface area contributed by atoms with Crippen LogP contribution in [-0.4, -0.2) is 18.4 Å². The average Bonchev–Trinajstić information content (AvgIpc) is 3.21. The highest BCUT2D eigenvalue weighted by molar-refractivity contribution is 6.02. The van der Waals surface area contributed by atoms with Gasteiger partial charge in [0, 0.05) is 11.4 Å². The molecule has 2 N–H and O–H groups in total. The van der Waals surface area contributed by atoms with Crippen molar-refractivity contribution in [3.63, 3.8) is 0 Å². The number of amides is 2. The van der Waals surface area contributed by atoms with E-state index in [-0.39, 0.29) is 29.6 Å². The van der Waals surface area contributed by atoms with Gasteiger partial charge in [0.2, 0.25) is 0 Å². The van der Waals surface area contributed by atoms with Gasteiger partial charge in [-0.15, -0.1) is 0 Å². The highest BCUT2D eigenvalue weighted by Crippen LogP contribution is 2.30. The van der Waals surface area contributed by atoms with E-state index >= 15 is 0 Å². The third-order valence-corrected chi connectivity index (χ3v) is 4.20. The summed E-state index contributed by atoms with van der Waals surface area (Å²) in [4.78, 5) is 24.4. The van der Waals surface area contributed by atoms with E-state index in [9.17, 15) is 9.59 Å². The lowest BCUT2D eigenvalue weighted by Crippen LogP contribution is -2.22. The summed E-state index contributed by atoms with van der Waals surface area (Å²) >= 11 is 0. The Morgan fingerprint density at radius 3 is 2.34 bits per heavy atom. The van der Waals surface area contributed by atoms with E-state index < -0.39 is 0 Å². The molecule has 1 aromatic heterocycles. The molecule has 3 rings (SSSR count). The Balaban J connectivity index is 1.60. The number of ether oxygens (including phenoxy) is 1. The van der Waals surface area contributed by atoms with Crippen molar-refractivity contribution in [2.45, 2.75) is 26.2 Å². The molecule has 0 aliphatic carbocycles. The summed E-state index contributed by atoms with van der Waals surface area (Å²) in [6.45, 7) is 6.17. The lowest BCUT2D eigenvalue weighted by atomic mass is 9.86. The third kappa shape index (κ3) is 5.48. The van der Waals surface area contributed by atoms with Gasteiger partial charge >= 0.3 is 0 Å². The molecule has 0 aliphatic rings. The Morgan fingerprint density at radius 2 is 1.66 bits per heavy atom. The van der Waals surface area contributed by atoms with Crippen molar-refractivity contribution in [1.29, 1.82) is 0 Å². The molecule has 0 fully saturated rings. The van der Waals surface area contributed by atoms with Crippen molar-refractivity contribution in [2.24, 2.45) is 0 Å². The standard InChI is InChI=1S/C23H24N2O4/c1-23(2,3)18-10-4-5-11-19(18)29-15-21(26)24-16-8-6-9-17(14-16)25-22(27)20-12-7-13-28-20/h4-14H,15H2,1-3H3,(H,24,26)(H,25,27). The molecule has 0 bridgehead atoms. The summed E-state index contributed by atoms with van der Waals surface area (Å²) in [5.41, 5.74) is 2.05. The predicted octanol–water partition coefficient (Wildman–Crippen LogP) is 4.85. The SMILES string of the molecule is CC(C)(C)c1ccccc1OCC(=O)Nc1cccc(NC(=O)c2ccco2)c1. The van der Waals surface area contributed by atoms with Gasteiger partial charge in [-0.2, -0.15) is 0 Å². The van der Waals surface area contributed by atoms with E-state index in [0.29, 0.717) is 17.1 Å². The number of carbonyl (C=O) groups is 2. The summed E-state index contributed by atoms with van der Waals surface area (Å²) in [6.07, 6.45) is 1.43. The van der Waals surface area contributed by atoms with Crippen molar-refractivity contribution < 1.29 is 18.7 Å². The molecule has 0 spiro atoms. The zero-order valence-corrected chi connectivity index (χ0v) is 16.7. The molecule has 0 radical (unpaired) electrons. The largest absolute Gasteiger partial charge is 0.483 e. The van der Waals surface area contributed by atoms with Gasteiger partial charge in [-0.1, -0.05) is 45.0 Å². The molecule has 29 heavy (non-hydrogen) atoms. The molecule has 150 valence electrons. The Kier molecular flexibility index (Phi) is 6.02. The van der Waals surface area contributed by atoms with Gasteiger partial charge in [0.15, 0.2) is 12.4 Å². The normalized spacial score (nSPS) is 11.0. The Bertz CT molecular complexity index is 988. The van der Waals surface area contributed by atoms with Crippen LogP contribution in [0.1, 0.15) is 36.9 Å². The quantitative estimate of drug-likeness (QED) is 0.629. The van der Waals surface area contributed by atoms with Crippen LogP contribution in [0, 0.1) is 0 Å². The number of furan rings is 1. The fourth-order valence-corrected chi connectivity index (χ4v) is 2.83. The lowest BCUT2D eigenvalue weighted by Gasteiger charge is -2.22. The van der Waals surface area contributed by atoms with Gasteiger partial charge in [-0.3, -0.25) is 9.59 Å². The Labute approximate surface area is 169 Å². The smallest absolute Gasteiger partial charge is 0.291 e. The molecule has 6 nitrogen and oxygen atoms in total. The number of nitrogens with one attached hydrogen (secondary N) is 2. The molecule has 6 heteroatoms. The van der Waals surface area contributed by atoms with E-state index in [0.717, 1.165) is 5.56 Å². The summed E-state index contributed by atoms with van der Waals surface area (Å²) in [7, 11) is 0. The van der Waals surface area contributed by atoms with Crippen molar-refractivity contribution in [3.05, 3.63) is 78.3 Å². The van der Waals surface area contributed by atoms with Gasteiger partial charge in [0.05, 0.1) is 6.26 Å². The molecule has 1 heterocycles. The number of anilines is 2. The minimum Gasteiger partial charge on any atom is -0.483 e. The van der Waals surface area contributed by atoms with E-state index in [1.54, 1.807) is 36.4 Å². The number of hydrogen-bond donors (Lipinski definition) is 2. The summed E-state index contributed by atoms with van der Waals surface area (Å²) in [5, 5.41) is 5.50. The van der Waals surface area contributed by atoms with Crippen LogP contribution in [0.25, 0.3) is 0 Å². The topological polar surface area (TPSA) is 80.6 Å². The first-order chi connectivity index (χ1) is 13.8. The van der Waals surface area contributed by atoms with Crippen LogP contribution in [0.2, 0.25) is 0 Å². The zero-order valence-electron chi connectivity index (χ0n) is 16.7. The monoisotopic (exact) mass is 392 g/mol. The summed E-state index contributed by atoms with van der Waals surface area (Å²) in [5.74, 6) is 0.254. The number of para-hydroxylation sites is 1. The second-order valence-electron chi connectivity index (χ2n) is 7.60. The molecule has 3 aromatic rings. The fraction of sp³-hybridized carbons (Fsp3) is 0.217. The zero-order chi connectivity index (χ0) is 20.9. The Morgan fingerprint density at radius 1 is 0.931 bits per heavy atom. The maximum Gasteiger partial charge on any atom is 0.291 e. The van der Waals surface area contributed by atoms with Gasteiger partial charge in [0.1, 0.15) is 5.75 Å². The number of carbonyl (C=O) groups excluding carboxylic acids is 2. The van der Waals surface area contributed by atoms with Gasteiger partial charge < -0.3 is 19.8 Å². The fourth-order valence-electron chi connectivity index (χ4n) is 2.83. The highest BCUT2D eigenvalue weighted by atomic mass is 16.5. The van der Waals surface area contributed by atoms with E-state index in [1.165, 1.54) is 6.26 Å². The van der Waals surface area contributed by atoms with Crippen LogP contribution in [0.4, 0.5) is 11.4 Å². The molecular formula is C23H24N2O4. The number of benzene rings is 2. The maximum absolute atomic E-state index is 12.3. The molecule has 0 saturated carbocycles. The van der Waals surface area contributed by atoms with E-state index in [2.05, 4.69) is 31.4 Å². The van der Waals surface area contributed by atoms with E-state index in [1.807, 2.05) is 24.3 Å². The number of rotatable bonds is 6.